The summed E-state index contributed by atoms with van der Waals surface area (Å²) in [6, 6.07) is 0. The van der Waals surface area contributed by atoms with Gasteiger partial charge >= 0.3 is 0 Å². The number of hydrogen-bond acceptors (Lipinski definition) is 4. The maximum atomic E-state index is 12.1. The molecule has 104 valence electrons. The van der Waals surface area contributed by atoms with Crippen LogP contribution in [0.1, 0.15) is 33.0 Å². The average Bonchev–Trinajstić information content (AvgIpc) is 2.61. The zero-order chi connectivity index (χ0) is 14.0. The number of hydrogen-bond donors (Lipinski definition) is 2. The first-order valence-corrected chi connectivity index (χ1v) is 7.39. The molecule has 2 N–H and O–H groups in total. The molecule has 0 aliphatic carbocycles. The fourth-order valence-electron chi connectivity index (χ4n) is 1.52. The van der Waals surface area contributed by atoms with E-state index < -0.39 is 15.6 Å². The first kappa shape index (κ1) is 15.1. The number of aliphatic hydroxyl groups is 1. The molecule has 1 aromatic rings. The fourth-order valence-corrected chi connectivity index (χ4v) is 2.94. The lowest BCUT2D eigenvalue weighted by molar-refractivity contribution is 0.208. The SMILES string of the molecule is CCCn1cc(S(=O)(=O)NC(C)(C)CO)nc1C. The molecule has 0 aliphatic rings. The van der Waals surface area contributed by atoms with Gasteiger partial charge in [0.25, 0.3) is 10.0 Å². The Bertz CT molecular complexity index is 506. The van der Waals surface area contributed by atoms with Gasteiger partial charge < -0.3 is 9.67 Å². The summed E-state index contributed by atoms with van der Waals surface area (Å²) >= 11 is 0. The van der Waals surface area contributed by atoms with Crippen LogP contribution in [0.25, 0.3) is 0 Å². The Kier molecular flexibility index (Phi) is 4.52. The third-order valence-corrected chi connectivity index (χ3v) is 4.07. The lowest BCUT2D eigenvalue weighted by Gasteiger charge is -2.22. The molecule has 1 aromatic heterocycles. The van der Waals surface area contributed by atoms with Crippen molar-refractivity contribution < 1.29 is 13.5 Å². The Hall–Kier alpha value is -0.920. The van der Waals surface area contributed by atoms with Gasteiger partial charge in [-0.2, -0.15) is 0 Å². The number of aromatic nitrogens is 2. The minimum Gasteiger partial charge on any atom is -0.394 e. The van der Waals surface area contributed by atoms with E-state index in [0.717, 1.165) is 13.0 Å². The third-order valence-electron chi connectivity index (χ3n) is 2.50. The van der Waals surface area contributed by atoms with E-state index in [0.29, 0.717) is 5.82 Å². The summed E-state index contributed by atoms with van der Waals surface area (Å²) in [5, 5.41) is 9.09. The van der Waals surface area contributed by atoms with E-state index in [-0.39, 0.29) is 11.6 Å². The molecule has 0 bridgehead atoms. The smallest absolute Gasteiger partial charge is 0.260 e. The lowest BCUT2D eigenvalue weighted by atomic mass is 10.1. The van der Waals surface area contributed by atoms with Gasteiger partial charge in [-0.1, -0.05) is 6.92 Å². The first-order valence-electron chi connectivity index (χ1n) is 5.90. The summed E-state index contributed by atoms with van der Waals surface area (Å²) in [4.78, 5) is 4.05. The molecule has 0 radical (unpaired) electrons. The van der Waals surface area contributed by atoms with Crippen molar-refractivity contribution in [3.63, 3.8) is 0 Å². The molecular weight excluding hydrogens is 254 g/mol. The Morgan fingerprint density at radius 3 is 2.61 bits per heavy atom. The second-order valence-electron chi connectivity index (χ2n) is 4.97. The van der Waals surface area contributed by atoms with Crippen molar-refractivity contribution >= 4 is 10.0 Å². The van der Waals surface area contributed by atoms with Gasteiger partial charge in [-0.3, -0.25) is 0 Å². The monoisotopic (exact) mass is 275 g/mol. The van der Waals surface area contributed by atoms with E-state index in [4.69, 9.17) is 5.11 Å². The Morgan fingerprint density at radius 2 is 2.11 bits per heavy atom. The van der Waals surface area contributed by atoms with E-state index in [1.807, 2.05) is 6.92 Å². The number of nitrogens with one attached hydrogen (secondary N) is 1. The van der Waals surface area contributed by atoms with Gasteiger partial charge in [0, 0.05) is 12.7 Å². The van der Waals surface area contributed by atoms with E-state index in [9.17, 15) is 8.42 Å². The topological polar surface area (TPSA) is 84.2 Å². The quantitative estimate of drug-likeness (QED) is 0.798. The Morgan fingerprint density at radius 1 is 1.50 bits per heavy atom. The van der Waals surface area contributed by atoms with Crippen LogP contribution in [0.3, 0.4) is 0 Å². The molecule has 0 spiro atoms. The molecule has 0 aromatic carbocycles. The number of rotatable bonds is 6. The second kappa shape index (κ2) is 5.38. The molecule has 0 amide bonds. The highest BCUT2D eigenvalue weighted by atomic mass is 32.2. The van der Waals surface area contributed by atoms with Crippen LogP contribution >= 0.6 is 0 Å². The van der Waals surface area contributed by atoms with Gasteiger partial charge in [-0.15, -0.1) is 0 Å². The minimum absolute atomic E-state index is 0.00465. The molecule has 7 heteroatoms. The minimum atomic E-state index is -3.69. The van der Waals surface area contributed by atoms with Gasteiger partial charge in [0.05, 0.1) is 12.1 Å². The van der Waals surface area contributed by atoms with Crippen LogP contribution in [0, 0.1) is 6.92 Å². The molecule has 0 saturated heterocycles. The summed E-state index contributed by atoms with van der Waals surface area (Å²) in [6.45, 7) is 7.46. The normalized spacial score (nSPS) is 12.9. The molecule has 18 heavy (non-hydrogen) atoms. The molecule has 0 atom stereocenters. The third kappa shape index (κ3) is 3.54. The summed E-state index contributed by atoms with van der Waals surface area (Å²) in [7, 11) is -3.69. The molecule has 0 fully saturated rings. The van der Waals surface area contributed by atoms with Gasteiger partial charge in [0.15, 0.2) is 5.03 Å². The highest BCUT2D eigenvalue weighted by Gasteiger charge is 2.27. The summed E-state index contributed by atoms with van der Waals surface area (Å²) in [6.07, 6.45) is 2.43. The second-order valence-corrected chi connectivity index (χ2v) is 6.60. The van der Waals surface area contributed by atoms with Crippen LogP contribution in [0.2, 0.25) is 0 Å². The number of sulfonamides is 1. The lowest BCUT2D eigenvalue weighted by Crippen LogP contribution is -2.46. The van der Waals surface area contributed by atoms with Gasteiger partial charge in [-0.25, -0.2) is 18.1 Å². The van der Waals surface area contributed by atoms with Gasteiger partial charge in [-0.05, 0) is 27.2 Å². The molecule has 1 heterocycles. The van der Waals surface area contributed by atoms with Crippen LogP contribution in [0.15, 0.2) is 11.2 Å². The maximum absolute atomic E-state index is 12.1. The van der Waals surface area contributed by atoms with E-state index in [2.05, 4.69) is 9.71 Å². The maximum Gasteiger partial charge on any atom is 0.260 e. The van der Waals surface area contributed by atoms with Crippen molar-refractivity contribution in [1.29, 1.82) is 0 Å². The predicted octanol–water partition coefficient (Wildman–Crippen LogP) is 0.651. The number of nitrogens with zero attached hydrogens (tertiary/aromatic N) is 2. The van der Waals surface area contributed by atoms with Crippen LogP contribution in [0.5, 0.6) is 0 Å². The summed E-state index contributed by atoms with van der Waals surface area (Å²) in [5.74, 6) is 0.666. The van der Waals surface area contributed by atoms with Crippen LogP contribution in [0.4, 0.5) is 0 Å². The first-order chi connectivity index (χ1) is 8.22. The van der Waals surface area contributed by atoms with E-state index >= 15 is 0 Å². The van der Waals surface area contributed by atoms with Gasteiger partial charge in [0.2, 0.25) is 0 Å². The van der Waals surface area contributed by atoms with E-state index in [1.165, 1.54) is 6.20 Å². The molecule has 6 nitrogen and oxygen atoms in total. The predicted molar refractivity (Wildman–Crippen MR) is 68.7 cm³/mol. The van der Waals surface area contributed by atoms with Crippen molar-refractivity contribution in [1.82, 2.24) is 14.3 Å². The molecule has 1 rings (SSSR count). The average molecular weight is 275 g/mol. The highest BCUT2D eigenvalue weighted by Crippen LogP contribution is 2.13. The molecule has 0 saturated carbocycles. The zero-order valence-electron chi connectivity index (χ0n) is 11.3. The van der Waals surface area contributed by atoms with Crippen LogP contribution in [-0.4, -0.2) is 35.2 Å². The summed E-state index contributed by atoms with van der Waals surface area (Å²) < 4.78 is 28.4. The van der Waals surface area contributed by atoms with Crippen LogP contribution < -0.4 is 4.72 Å². The highest BCUT2D eigenvalue weighted by molar-refractivity contribution is 7.89. The van der Waals surface area contributed by atoms with Crippen molar-refractivity contribution in [3.05, 3.63) is 12.0 Å². The van der Waals surface area contributed by atoms with Crippen molar-refractivity contribution in [2.45, 2.75) is 51.2 Å². The largest absolute Gasteiger partial charge is 0.394 e. The van der Waals surface area contributed by atoms with Crippen molar-refractivity contribution in [2.75, 3.05) is 6.61 Å². The fraction of sp³-hybridized carbons (Fsp3) is 0.727. The number of aliphatic hydroxyl groups excluding tert-OH is 1. The van der Waals surface area contributed by atoms with Gasteiger partial charge in [0.1, 0.15) is 5.82 Å². The van der Waals surface area contributed by atoms with Crippen molar-refractivity contribution in [2.24, 2.45) is 0 Å². The Balaban J connectivity index is 3.02. The summed E-state index contributed by atoms with van der Waals surface area (Å²) in [5.41, 5.74) is -0.902. The number of aryl methyl sites for hydroxylation is 2. The molecule has 0 aliphatic heterocycles. The zero-order valence-corrected chi connectivity index (χ0v) is 12.1. The molecular formula is C11H21N3O3S. The Labute approximate surface area is 108 Å². The standard InChI is InChI=1S/C11H21N3O3S/c1-5-6-14-7-10(12-9(14)2)18(16,17)13-11(3,4)8-15/h7,13,15H,5-6,8H2,1-4H3. The molecule has 0 unspecified atom stereocenters. The number of imidazole rings is 1. The van der Waals surface area contributed by atoms with Crippen LogP contribution in [-0.2, 0) is 16.6 Å². The van der Waals surface area contributed by atoms with E-state index in [1.54, 1.807) is 25.3 Å². The van der Waals surface area contributed by atoms with Crippen molar-refractivity contribution in [3.8, 4) is 0 Å².